The molecule has 0 aromatic carbocycles. The maximum atomic E-state index is 7.77. The third kappa shape index (κ3) is 1.32. The lowest BCUT2D eigenvalue weighted by atomic mass is 10.4. The fraction of sp³-hybridized carbons (Fsp3) is 0.429. The predicted molar refractivity (Wildman–Crippen MR) is 43.3 cm³/mol. The van der Waals surface area contributed by atoms with Crippen LogP contribution < -0.4 is 5.73 Å². The Morgan fingerprint density at radius 2 is 2.73 bits per heavy atom. The number of nitrogens with two attached hydrogens (primary N) is 1. The Balaban J connectivity index is 3.52. The van der Waals surface area contributed by atoms with Gasteiger partial charge in [-0.05, 0) is 13.7 Å². The van der Waals surface area contributed by atoms with Gasteiger partial charge in [-0.15, -0.1) is 0 Å². The smallest absolute Gasteiger partial charge is 0.247 e. The second kappa shape index (κ2) is 2.62. The summed E-state index contributed by atoms with van der Waals surface area (Å²) in [6, 6.07) is -2.99. The molecule has 0 saturated heterocycles. The molecule has 1 aromatic rings. The number of hydrogen-bond donors (Lipinski definition) is 1. The van der Waals surface area contributed by atoms with Gasteiger partial charge in [0, 0.05) is 20.4 Å². The van der Waals surface area contributed by atoms with Crippen LogP contribution in [0.25, 0.3) is 4.85 Å². The molecular formula is C7H10N4. The summed E-state index contributed by atoms with van der Waals surface area (Å²) >= 11 is 0. The molecule has 0 unspecified atom stereocenters. The summed E-state index contributed by atoms with van der Waals surface area (Å²) in [4.78, 5) is 2.96. The summed E-state index contributed by atoms with van der Waals surface area (Å²) in [5.74, 6) is -0.310. The van der Waals surface area contributed by atoms with Crippen LogP contribution in [-0.2, 0) is 0 Å². The lowest BCUT2D eigenvalue weighted by Crippen LogP contribution is -2.01. The molecule has 0 aliphatic rings. The van der Waals surface area contributed by atoms with Crippen molar-refractivity contribution in [2.75, 3.05) is 5.73 Å². The van der Waals surface area contributed by atoms with Gasteiger partial charge in [-0.2, -0.15) is 5.10 Å². The van der Waals surface area contributed by atoms with Crippen LogP contribution in [0.15, 0.2) is 6.20 Å². The number of nitrogens with zero attached hydrogens (tertiary/aromatic N) is 3. The van der Waals surface area contributed by atoms with Gasteiger partial charge in [0.05, 0.1) is 7.94 Å². The summed E-state index contributed by atoms with van der Waals surface area (Å²) in [5.41, 5.74) is 5.14. The van der Waals surface area contributed by atoms with E-state index in [4.69, 9.17) is 21.9 Å². The van der Waals surface area contributed by atoms with E-state index in [9.17, 15) is 0 Å². The molecule has 0 aliphatic heterocycles. The highest BCUT2D eigenvalue weighted by atomic mass is 15.3. The van der Waals surface area contributed by atoms with Crippen LogP contribution in [0.4, 0.5) is 11.5 Å². The van der Waals surface area contributed by atoms with Crippen molar-refractivity contribution >= 4 is 11.5 Å². The molecule has 1 heterocycles. The van der Waals surface area contributed by atoms with Gasteiger partial charge in [0.1, 0.15) is 0 Å². The summed E-state index contributed by atoms with van der Waals surface area (Å²) in [5, 5.41) is 3.46. The molecule has 11 heavy (non-hydrogen) atoms. The van der Waals surface area contributed by atoms with E-state index < -0.39 is 19.7 Å². The molecule has 0 amide bonds. The third-order valence-electron chi connectivity index (χ3n) is 1.07. The molecular weight excluding hydrogens is 140 g/mol. The quantitative estimate of drug-likeness (QED) is 0.629. The molecule has 0 radical (unpaired) electrons. The summed E-state index contributed by atoms with van der Waals surface area (Å²) in [7, 11) is 0. The zero-order valence-electron chi connectivity index (χ0n) is 12.5. The van der Waals surface area contributed by atoms with Crippen molar-refractivity contribution in [3.63, 3.8) is 0 Å². The zero-order valence-corrected chi connectivity index (χ0v) is 5.50. The van der Waals surface area contributed by atoms with Gasteiger partial charge in [-0.3, -0.25) is 4.68 Å². The van der Waals surface area contributed by atoms with Gasteiger partial charge in [-0.1, -0.05) is 0 Å². The fourth-order valence-electron chi connectivity index (χ4n) is 0.579. The van der Waals surface area contributed by atoms with Crippen LogP contribution in [0.3, 0.4) is 0 Å². The zero-order chi connectivity index (χ0) is 14.4. The lowest BCUT2D eigenvalue weighted by molar-refractivity contribution is 0.535. The molecule has 1 aromatic heterocycles. The number of nitrogen functional groups attached to an aromatic ring is 1. The highest BCUT2D eigenvalue weighted by molar-refractivity contribution is 5.61. The van der Waals surface area contributed by atoms with Crippen molar-refractivity contribution < 1.29 is 9.60 Å². The first kappa shape index (κ1) is 2.52. The van der Waals surface area contributed by atoms with Crippen LogP contribution in [0.1, 0.15) is 29.3 Å². The first-order valence-corrected chi connectivity index (χ1v) is 2.68. The Morgan fingerprint density at radius 3 is 3.18 bits per heavy atom. The minimum absolute atomic E-state index is 0.194. The molecule has 58 valence electrons. The minimum Gasteiger partial charge on any atom is -0.391 e. The largest absolute Gasteiger partial charge is 0.391 e. The van der Waals surface area contributed by atoms with E-state index in [-0.39, 0.29) is 11.5 Å². The topological polar surface area (TPSA) is 48.2 Å². The molecule has 4 nitrogen and oxygen atoms in total. The molecule has 0 bridgehead atoms. The molecule has 1 rings (SSSR count). The maximum absolute atomic E-state index is 7.77. The predicted octanol–water partition coefficient (Wildman–Crippen LogP) is 1.60. The van der Waals surface area contributed by atoms with Crippen molar-refractivity contribution in [2.45, 2.75) is 19.7 Å². The molecule has 0 fully saturated rings. The molecule has 0 saturated carbocycles. The van der Waals surface area contributed by atoms with E-state index in [1.165, 1.54) is 0 Å². The van der Waals surface area contributed by atoms with Gasteiger partial charge < -0.3 is 5.73 Å². The van der Waals surface area contributed by atoms with Crippen molar-refractivity contribution in [1.82, 2.24) is 9.78 Å². The van der Waals surface area contributed by atoms with Gasteiger partial charge in [0.25, 0.3) is 0 Å². The second-order valence-corrected chi connectivity index (χ2v) is 1.80. The molecule has 4 heteroatoms. The fourth-order valence-corrected chi connectivity index (χ4v) is 0.579. The van der Waals surface area contributed by atoms with Crippen LogP contribution in [-0.4, -0.2) is 9.78 Å². The molecule has 2 N–H and O–H groups in total. The average Bonchev–Trinajstić information content (AvgIpc) is 2.55. The number of anilines is 1. The van der Waals surface area contributed by atoms with Gasteiger partial charge in [0.2, 0.25) is 5.69 Å². The van der Waals surface area contributed by atoms with E-state index in [0.29, 0.717) is 4.68 Å². The van der Waals surface area contributed by atoms with Crippen molar-refractivity contribution in [3.8, 4) is 0 Å². The second-order valence-electron chi connectivity index (χ2n) is 1.80. The lowest BCUT2D eigenvalue weighted by Gasteiger charge is -2.02. The van der Waals surface area contributed by atoms with Gasteiger partial charge >= 0.3 is 0 Å². The number of hydrogen-bond acceptors (Lipinski definition) is 2. The van der Waals surface area contributed by atoms with Gasteiger partial charge in [-0.25, -0.2) is 4.85 Å². The summed E-state index contributed by atoms with van der Waals surface area (Å²) in [6.07, 6.45) is 0.855. The maximum Gasteiger partial charge on any atom is 0.247 e. The van der Waals surface area contributed by atoms with E-state index in [1.54, 1.807) is 0 Å². The van der Waals surface area contributed by atoms with Crippen molar-refractivity contribution in [1.29, 1.82) is 0 Å². The summed E-state index contributed by atoms with van der Waals surface area (Å²) < 4.78 is 51.5. The molecule has 0 spiro atoms. The number of aromatic nitrogens is 2. The van der Waals surface area contributed by atoms with E-state index >= 15 is 0 Å². The van der Waals surface area contributed by atoms with Crippen molar-refractivity contribution in [3.05, 3.63) is 17.6 Å². The molecule has 0 aliphatic carbocycles. The Labute approximate surface area is 75.3 Å². The van der Waals surface area contributed by atoms with Crippen LogP contribution >= 0.6 is 0 Å². The SMILES string of the molecule is [2H]C([2H])([2H])C([2H])(n1cc([N+]#[C-])c(N)n1)C([2H])([2H])[2H]. The van der Waals surface area contributed by atoms with E-state index in [1.807, 2.05) is 0 Å². The minimum atomic E-state index is -3.16. The Bertz CT molecular complexity index is 477. The first-order valence-electron chi connectivity index (χ1n) is 6.18. The summed E-state index contributed by atoms with van der Waals surface area (Å²) in [6.45, 7) is 0.450. The highest BCUT2D eigenvalue weighted by Crippen LogP contribution is 2.21. The Morgan fingerprint density at radius 1 is 2.00 bits per heavy atom. The van der Waals surface area contributed by atoms with E-state index in [0.717, 1.165) is 6.20 Å². The monoisotopic (exact) mass is 157 g/mol. The third-order valence-corrected chi connectivity index (χ3v) is 1.07. The van der Waals surface area contributed by atoms with Gasteiger partial charge in [0.15, 0.2) is 5.82 Å². The normalized spacial score (nSPS) is 22.6. The van der Waals surface area contributed by atoms with E-state index in [2.05, 4.69) is 9.94 Å². The van der Waals surface area contributed by atoms with Crippen LogP contribution in [0.5, 0.6) is 0 Å². The number of rotatable bonds is 1. The Kier molecular flexibility index (Phi) is 0.601. The standard InChI is InChI=1S/C7H10N4/c1-5(2)11-4-6(9-3)7(8)10-11/h4-5H,1-2H3,(H2,8,10)/i1D3,2D3,5D. The van der Waals surface area contributed by atoms with Crippen LogP contribution in [0.2, 0.25) is 0 Å². The highest BCUT2D eigenvalue weighted by Gasteiger charge is 2.05. The Hall–Kier alpha value is -1.50. The molecule has 0 atom stereocenters. The average molecular weight is 157 g/mol. The van der Waals surface area contributed by atoms with Crippen LogP contribution in [0, 0.1) is 6.57 Å². The first-order chi connectivity index (χ1) is 7.95. The van der Waals surface area contributed by atoms with Crippen molar-refractivity contribution in [2.24, 2.45) is 0 Å².